The van der Waals surface area contributed by atoms with E-state index in [2.05, 4.69) is 34.0 Å². The summed E-state index contributed by atoms with van der Waals surface area (Å²) in [5, 5.41) is 7.72. The Morgan fingerprint density at radius 2 is 2.05 bits per heavy atom. The third-order valence-electron chi connectivity index (χ3n) is 2.96. The minimum absolute atomic E-state index is 0.804. The molecule has 0 saturated carbocycles. The van der Waals surface area contributed by atoms with Gasteiger partial charge in [-0.3, -0.25) is 4.99 Å². The largest absolute Gasteiger partial charge is 0.461 e. The quantitative estimate of drug-likeness (QED) is 0.488. The highest BCUT2D eigenvalue weighted by atomic mass is 32.2. The van der Waals surface area contributed by atoms with Gasteiger partial charge in [-0.2, -0.15) is 11.8 Å². The number of aliphatic imine (C=N–C) groups is 1. The smallest absolute Gasteiger partial charge is 0.191 e. The molecule has 0 aliphatic carbocycles. The minimum atomic E-state index is 0.804. The molecule has 0 spiro atoms. The maximum atomic E-state index is 5.78. The van der Waals surface area contributed by atoms with Crippen molar-refractivity contribution in [3.63, 3.8) is 0 Å². The molecule has 4 nitrogen and oxygen atoms in total. The normalized spacial score (nSPS) is 11.8. The molecule has 0 amide bonds. The van der Waals surface area contributed by atoms with Crippen molar-refractivity contribution in [3.8, 4) is 0 Å². The van der Waals surface area contributed by atoms with Gasteiger partial charge in [0, 0.05) is 37.7 Å². The minimum Gasteiger partial charge on any atom is -0.461 e. The van der Waals surface area contributed by atoms with Gasteiger partial charge in [0.25, 0.3) is 0 Å². The van der Waals surface area contributed by atoms with Crippen LogP contribution in [-0.4, -0.2) is 38.1 Å². The van der Waals surface area contributed by atoms with Gasteiger partial charge in [-0.1, -0.05) is 18.2 Å². The van der Waals surface area contributed by atoms with Crippen LogP contribution < -0.4 is 10.6 Å². The van der Waals surface area contributed by atoms with Crippen molar-refractivity contribution in [1.29, 1.82) is 0 Å². The van der Waals surface area contributed by atoms with Gasteiger partial charge in [0.1, 0.15) is 11.3 Å². The summed E-state index contributed by atoms with van der Waals surface area (Å²) in [6.07, 6.45) is 2.94. The Hall–Kier alpha value is -1.62. The predicted molar refractivity (Wildman–Crippen MR) is 87.7 cm³/mol. The molecule has 1 heterocycles. The molecule has 0 saturated heterocycles. The monoisotopic (exact) mass is 291 g/mol. The van der Waals surface area contributed by atoms with Crippen LogP contribution in [0.3, 0.4) is 0 Å². The molecule has 0 bridgehead atoms. The first-order chi connectivity index (χ1) is 9.83. The van der Waals surface area contributed by atoms with E-state index in [0.717, 1.165) is 48.0 Å². The van der Waals surface area contributed by atoms with E-state index in [-0.39, 0.29) is 0 Å². The highest BCUT2D eigenvalue weighted by molar-refractivity contribution is 7.98. The van der Waals surface area contributed by atoms with Crippen LogP contribution in [0.1, 0.15) is 5.76 Å². The van der Waals surface area contributed by atoms with E-state index in [1.807, 2.05) is 30.0 Å². The van der Waals surface area contributed by atoms with Crippen LogP contribution in [0.25, 0.3) is 11.0 Å². The van der Waals surface area contributed by atoms with Crippen molar-refractivity contribution in [2.75, 3.05) is 32.1 Å². The summed E-state index contributed by atoms with van der Waals surface area (Å²) in [7, 11) is 1.79. The number of furan rings is 1. The second-order valence-corrected chi connectivity index (χ2v) is 5.40. The lowest BCUT2D eigenvalue weighted by molar-refractivity contribution is 0.545. The lowest BCUT2D eigenvalue weighted by Crippen LogP contribution is -2.39. The molecule has 0 atom stereocenters. The summed E-state index contributed by atoms with van der Waals surface area (Å²) in [6.45, 7) is 1.73. The molecule has 2 N–H and O–H groups in total. The van der Waals surface area contributed by atoms with E-state index in [4.69, 9.17) is 4.42 Å². The van der Waals surface area contributed by atoms with Crippen LogP contribution in [0.4, 0.5) is 0 Å². The average Bonchev–Trinajstić information content (AvgIpc) is 2.88. The Bertz CT molecular complexity index is 532. The van der Waals surface area contributed by atoms with E-state index >= 15 is 0 Å². The van der Waals surface area contributed by atoms with Crippen molar-refractivity contribution < 1.29 is 4.42 Å². The molecule has 2 aromatic rings. The Morgan fingerprint density at radius 1 is 1.25 bits per heavy atom. The highest BCUT2D eigenvalue weighted by Crippen LogP contribution is 2.18. The fraction of sp³-hybridized carbons (Fsp3) is 0.400. The number of para-hydroxylation sites is 1. The molecule has 0 aliphatic heterocycles. The Morgan fingerprint density at radius 3 is 2.80 bits per heavy atom. The standard InChI is InChI=1S/C15H21N3OS/c1-16-15(18-9-10-20-2)17-8-7-13-11-12-5-3-4-6-14(12)19-13/h3-6,11H,7-10H2,1-2H3,(H2,16,17,18). The fourth-order valence-electron chi connectivity index (χ4n) is 1.96. The Labute approximate surface area is 124 Å². The molecule has 0 unspecified atom stereocenters. The van der Waals surface area contributed by atoms with E-state index < -0.39 is 0 Å². The first kappa shape index (κ1) is 14.8. The van der Waals surface area contributed by atoms with Crippen LogP contribution in [0.15, 0.2) is 39.7 Å². The number of rotatable bonds is 6. The summed E-state index contributed by atoms with van der Waals surface area (Å²) >= 11 is 1.82. The lowest BCUT2D eigenvalue weighted by atomic mass is 10.2. The van der Waals surface area contributed by atoms with Gasteiger partial charge in [-0.05, 0) is 18.4 Å². The summed E-state index contributed by atoms with van der Waals surface area (Å²) in [6, 6.07) is 10.2. The molecule has 20 heavy (non-hydrogen) atoms. The number of hydrogen-bond acceptors (Lipinski definition) is 3. The molecule has 0 fully saturated rings. The molecular formula is C15H21N3OS. The Balaban J connectivity index is 1.79. The van der Waals surface area contributed by atoms with Crippen LogP contribution in [0.2, 0.25) is 0 Å². The van der Waals surface area contributed by atoms with Gasteiger partial charge in [0.05, 0.1) is 0 Å². The van der Waals surface area contributed by atoms with E-state index in [1.54, 1.807) is 7.05 Å². The number of nitrogens with one attached hydrogen (secondary N) is 2. The molecule has 0 radical (unpaired) electrons. The maximum Gasteiger partial charge on any atom is 0.191 e. The average molecular weight is 291 g/mol. The number of guanidine groups is 1. The van der Waals surface area contributed by atoms with Gasteiger partial charge < -0.3 is 15.1 Å². The molecule has 1 aromatic heterocycles. The van der Waals surface area contributed by atoms with Crippen molar-refractivity contribution >= 4 is 28.7 Å². The van der Waals surface area contributed by atoms with Gasteiger partial charge in [-0.25, -0.2) is 0 Å². The number of fused-ring (bicyclic) bond motifs is 1. The molecule has 0 aliphatic rings. The number of thioether (sulfide) groups is 1. The Kier molecular flexibility index (Phi) is 5.80. The number of hydrogen-bond donors (Lipinski definition) is 2. The summed E-state index contributed by atoms with van der Waals surface area (Å²) < 4.78 is 5.78. The number of benzene rings is 1. The topological polar surface area (TPSA) is 49.6 Å². The van der Waals surface area contributed by atoms with E-state index in [1.165, 1.54) is 0 Å². The van der Waals surface area contributed by atoms with Crippen molar-refractivity contribution in [2.45, 2.75) is 6.42 Å². The van der Waals surface area contributed by atoms with E-state index in [0.29, 0.717) is 0 Å². The van der Waals surface area contributed by atoms with Crippen LogP contribution >= 0.6 is 11.8 Å². The second-order valence-electron chi connectivity index (χ2n) is 4.42. The molecule has 1 aromatic carbocycles. The highest BCUT2D eigenvalue weighted by Gasteiger charge is 2.03. The summed E-state index contributed by atoms with van der Waals surface area (Å²) in [5.74, 6) is 2.91. The van der Waals surface area contributed by atoms with Crippen molar-refractivity contribution in [3.05, 3.63) is 36.1 Å². The van der Waals surface area contributed by atoms with Gasteiger partial charge in [-0.15, -0.1) is 0 Å². The molecule has 108 valence electrons. The lowest BCUT2D eigenvalue weighted by Gasteiger charge is -2.10. The first-order valence-corrected chi connectivity index (χ1v) is 8.14. The molecule has 2 rings (SSSR count). The predicted octanol–water partition coefficient (Wildman–Crippen LogP) is 2.50. The van der Waals surface area contributed by atoms with Crippen LogP contribution in [0, 0.1) is 0 Å². The number of nitrogens with zero attached hydrogens (tertiary/aromatic N) is 1. The third-order valence-corrected chi connectivity index (χ3v) is 3.58. The third kappa shape index (κ3) is 4.20. The zero-order chi connectivity index (χ0) is 14.2. The van der Waals surface area contributed by atoms with Gasteiger partial charge in [0.2, 0.25) is 0 Å². The second kappa shape index (κ2) is 7.85. The van der Waals surface area contributed by atoms with E-state index in [9.17, 15) is 0 Å². The maximum absolute atomic E-state index is 5.78. The zero-order valence-corrected chi connectivity index (χ0v) is 12.8. The van der Waals surface area contributed by atoms with Crippen molar-refractivity contribution in [2.24, 2.45) is 4.99 Å². The van der Waals surface area contributed by atoms with Gasteiger partial charge >= 0.3 is 0 Å². The van der Waals surface area contributed by atoms with Crippen molar-refractivity contribution in [1.82, 2.24) is 10.6 Å². The molecule has 5 heteroatoms. The van der Waals surface area contributed by atoms with Gasteiger partial charge in [0.15, 0.2) is 5.96 Å². The SMILES string of the molecule is CN=C(NCCSC)NCCc1cc2ccccc2o1. The summed E-state index contributed by atoms with van der Waals surface area (Å²) in [5.41, 5.74) is 0.949. The first-order valence-electron chi connectivity index (χ1n) is 6.74. The van der Waals surface area contributed by atoms with Crippen LogP contribution in [-0.2, 0) is 6.42 Å². The zero-order valence-electron chi connectivity index (χ0n) is 12.0. The van der Waals surface area contributed by atoms with Crippen LogP contribution in [0.5, 0.6) is 0 Å². The molecular weight excluding hydrogens is 270 g/mol. The summed E-state index contributed by atoms with van der Waals surface area (Å²) in [4.78, 5) is 4.19. The fourth-order valence-corrected chi connectivity index (χ4v) is 2.26.